The summed E-state index contributed by atoms with van der Waals surface area (Å²) in [6.07, 6.45) is 3.86. The highest BCUT2D eigenvalue weighted by Crippen LogP contribution is 2.06. The molecule has 1 aromatic rings. The monoisotopic (exact) mass is 281 g/mol. The van der Waals surface area contributed by atoms with E-state index in [0.717, 1.165) is 12.8 Å². The van der Waals surface area contributed by atoms with Crippen LogP contribution in [0, 0.1) is 5.92 Å². The predicted molar refractivity (Wildman–Crippen MR) is 80.6 cm³/mol. The van der Waals surface area contributed by atoms with Crippen LogP contribution in [0.5, 0.6) is 0 Å². The molecule has 0 aromatic carbocycles. The zero-order valence-corrected chi connectivity index (χ0v) is 12.9. The van der Waals surface area contributed by atoms with Crippen LogP contribution in [-0.2, 0) is 13.5 Å². The molecule has 0 aliphatic heterocycles. The number of carbonyl (C=O) groups is 1. The Hall–Kier alpha value is -1.49. The summed E-state index contributed by atoms with van der Waals surface area (Å²) >= 11 is 0. The summed E-state index contributed by atoms with van der Waals surface area (Å²) < 4.78 is 2.10. The van der Waals surface area contributed by atoms with Crippen LogP contribution < -0.4 is 10.6 Å². The second kappa shape index (κ2) is 7.94. The molecule has 1 aromatic heterocycles. The predicted octanol–water partition coefficient (Wildman–Crippen LogP) is 1.66. The lowest BCUT2D eigenvalue weighted by Crippen LogP contribution is -2.47. The van der Waals surface area contributed by atoms with Crippen molar-refractivity contribution in [3.8, 4) is 0 Å². The molecule has 0 aliphatic rings. The largest absolute Gasteiger partial charge is 0.396 e. The van der Waals surface area contributed by atoms with Gasteiger partial charge in [-0.3, -0.25) is 0 Å². The Balaban J connectivity index is 2.29. The van der Waals surface area contributed by atoms with Gasteiger partial charge in [-0.1, -0.05) is 6.92 Å². The second-order valence-corrected chi connectivity index (χ2v) is 5.62. The Kier molecular flexibility index (Phi) is 6.58. The third-order valence-electron chi connectivity index (χ3n) is 3.76. The van der Waals surface area contributed by atoms with E-state index < -0.39 is 0 Å². The second-order valence-electron chi connectivity index (χ2n) is 5.62. The van der Waals surface area contributed by atoms with Crippen molar-refractivity contribution < 1.29 is 9.90 Å². The summed E-state index contributed by atoms with van der Waals surface area (Å²) in [5.41, 5.74) is 1.27. The van der Waals surface area contributed by atoms with E-state index in [9.17, 15) is 4.79 Å². The normalized spacial score (nSPS) is 15.4. The molecule has 0 saturated heterocycles. The van der Waals surface area contributed by atoms with Gasteiger partial charge in [0.15, 0.2) is 0 Å². The van der Waals surface area contributed by atoms with Crippen LogP contribution in [0.1, 0.15) is 32.9 Å². The maximum atomic E-state index is 11.8. The van der Waals surface area contributed by atoms with E-state index in [1.807, 2.05) is 40.1 Å². The third-order valence-corrected chi connectivity index (χ3v) is 3.76. The minimum Gasteiger partial charge on any atom is -0.396 e. The molecule has 0 fully saturated rings. The van der Waals surface area contributed by atoms with Crippen LogP contribution in [0.4, 0.5) is 4.79 Å². The van der Waals surface area contributed by atoms with Gasteiger partial charge < -0.3 is 20.3 Å². The highest BCUT2D eigenvalue weighted by atomic mass is 16.3. The van der Waals surface area contributed by atoms with E-state index in [1.165, 1.54) is 5.69 Å². The van der Waals surface area contributed by atoms with Gasteiger partial charge in [0.25, 0.3) is 0 Å². The molecule has 3 N–H and O–H groups in total. The average Bonchev–Trinajstić information content (AvgIpc) is 2.80. The van der Waals surface area contributed by atoms with Gasteiger partial charge in [0.2, 0.25) is 0 Å². The van der Waals surface area contributed by atoms with Crippen molar-refractivity contribution in [3.63, 3.8) is 0 Å². The number of aliphatic hydroxyl groups is 1. The summed E-state index contributed by atoms with van der Waals surface area (Å²) in [6.45, 7) is 5.88. The van der Waals surface area contributed by atoms with Crippen molar-refractivity contribution in [3.05, 3.63) is 24.0 Å². The van der Waals surface area contributed by atoms with Crippen LogP contribution in [0.25, 0.3) is 0 Å². The molecule has 3 unspecified atom stereocenters. The lowest BCUT2D eigenvalue weighted by Gasteiger charge is -2.21. The van der Waals surface area contributed by atoms with Crippen LogP contribution >= 0.6 is 0 Å². The minimum atomic E-state index is -0.169. The maximum absolute atomic E-state index is 11.8. The fourth-order valence-corrected chi connectivity index (χ4v) is 1.97. The Labute approximate surface area is 121 Å². The van der Waals surface area contributed by atoms with Gasteiger partial charge in [-0.05, 0) is 44.7 Å². The molecule has 20 heavy (non-hydrogen) atoms. The Morgan fingerprint density at radius 1 is 1.35 bits per heavy atom. The molecular weight excluding hydrogens is 254 g/mol. The van der Waals surface area contributed by atoms with Crippen molar-refractivity contribution in [2.24, 2.45) is 13.0 Å². The first-order chi connectivity index (χ1) is 9.43. The van der Waals surface area contributed by atoms with Gasteiger partial charge in [-0.25, -0.2) is 4.79 Å². The number of aromatic nitrogens is 1. The number of nitrogens with one attached hydrogen (secondary N) is 2. The van der Waals surface area contributed by atoms with E-state index in [1.54, 1.807) is 0 Å². The molecule has 0 spiro atoms. The molecule has 5 nitrogen and oxygen atoms in total. The summed E-state index contributed by atoms with van der Waals surface area (Å²) in [7, 11) is 2.03. The lowest BCUT2D eigenvalue weighted by molar-refractivity contribution is 0.199. The smallest absolute Gasteiger partial charge is 0.315 e. The van der Waals surface area contributed by atoms with Gasteiger partial charge in [-0.15, -0.1) is 0 Å². The van der Waals surface area contributed by atoms with Crippen molar-refractivity contribution in [1.29, 1.82) is 0 Å². The van der Waals surface area contributed by atoms with E-state index in [2.05, 4.69) is 21.3 Å². The molecule has 0 aliphatic carbocycles. The fraction of sp³-hybridized carbons (Fsp3) is 0.667. The molecule has 5 heteroatoms. The van der Waals surface area contributed by atoms with Gasteiger partial charge in [0.1, 0.15) is 0 Å². The Morgan fingerprint density at radius 3 is 2.60 bits per heavy atom. The van der Waals surface area contributed by atoms with Crippen molar-refractivity contribution in [2.45, 2.75) is 45.7 Å². The topological polar surface area (TPSA) is 66.3 Å². The number of hydrogen-bond donors (Lipinski definition) is 3. The number of rotatable bonds is 7. The van der Waals surface area contributed by atoms with Crippen LogP contribution in [-0.4, -0.2) is 34.4 Å². The number of aryl methyl sites for hydroxylation is 2. The van der Waals surface area contributed by atoms with Gasteiger partial charge >= 0.3 is 6.03 Å². The SMILES string of the molecule is CC(CCc1cccn1C)NC(=O)NC(C)C(C)CO. The first kappa shape index (κ1) is 16.6. The molecular formula is C15H27N3O2. The summed E-state index contributed by atoms with van der Waals surface area (Å²) in [5, 5.41) is 14.8. The van der Waals surface area contributed by atoms with Crippen LogP contribution in [0.2, 0.25) is 0 Å². The number of amides is 2. The zero-order valence-electron chi connectivity index (χ0n) is 12.9. The quantitative estimate of drug-likeness (QED) is 0.711. The molecule has 3 atom stereocenters. The molecule has 114 valence electrons. The third kappa shape index (κ3) is 5.25. The van der Waals surface area contributed by atoms with E-state index in [0.29, 0.717) is 0 Å². The molecule has 0 saturated carbocycles. The Bertz CT molecular complexity index is 417. The molecule has 2 amide bonds. The van der Waals surface area contributed by atoms with E-state index >= 15 is 0 Å². The number of urea groups is 1. The lowest BCUT2D eigenvalue weighted by atomic mass is 10.1. The molecule has 1 rings (SSSR count). The summed E-state index contributed by atoms with van der Waals surface area (Å²) in [5.74, 6) is 0.0550. The van der Waals surface area contributed by atoms with Gasteiger partial charge in [-0.2, -0.15) is 0 Å². The van der Waals surface area contributed by atoms with Crippen LogP contribution in [0.3, 0.4) is 0 Å². The molecule has 0 radical (unpaired) electrons. The fourth-order valence-electron chi connectivity index (χ4n) is 1.97. The van der Waals surface area contributed by atoms with Crippen molar-refractivity contribution in [1.82, 2.24) is 15.2 Å². The molecule has 1 heterocycles. The minimum absolute atomic E-state index is 0.0416. The number of aliphatic hydroxyl groups excluding tert-OH is 1. The van der Waals surface area contributed by atoms with Gasteiger partial charge in [0.05, 0.1) is 0 Å². The summed E-state index contributed by atoms with van der Waals surface area (Å²) in [4.78, 5) is 11.8. The zero-order chi connectivity index (χ0) is 15.1. The Morgan fingerprint density at radius 2 is 2.05 bits per heavy atom. The molecule has 0 bridgehead atoms. The van der Waals surface area contributed by atoms with Crippen LogP contribution in [0.15, 0.2) is 18.3 Å². The first-order valence-corrected chi connectivity index (χ1v) is 7.22. The standard InChI is InChI=1S/C15H27N3O2/c1-11(10-19)13(3)17-15(20)16-12(2)7-8-14-6-5-9-18(14)4/h5-6,9,11-13,19H,7-8,10H2,1-4H3,(H2,16,17,20). The maximum Gasteiger partial charge on any atom is 0.315 e. The first-order valence-electron chi connectivity index (χ1n) is 7.22. The number of hydrogen-bond acceptors (Lipinski definition) is 2. The summed E-state index contributed by atoms with van der Waals surface area (Å²) in [6, 6.07) is 4.02. The number of nitrogens with zero attached hydrogens (tertiary/aromatic N) is 1. The van der Waals surface area contributed by atoms with Crippen molar-refractivity contribution in [2.75, 3.05) is 6.61 Å². The average molecular weight is 281 g/mol. The highest BCUT2D eigenvalue weighted by Gasteiger charge is 2.15. The van der Waals surface area contributed by atoms with E-state index in [4.69, 9.17) is 5.11 Å². The van der Waals surface area contributed by atoms with E-state index in [-0.39, 0.29) is 30.6 Å². The number of carbonyl (C=O) groups excluding carboxylic acids is 1. The highest BCUT2D eigenvalue weighted by molar-refractivity contribution is 5.74. The van der Waals surface area contributed by atoms with Crippen molar-refractivity contribution >= 4 is 6.03 Å². The van der Waals surface area contributed by atoms with Gasteiger partial charge in [0, 0.05) is 37.6 Å².